The number of rotatable bonds is 17. The van der Waals surface area contributed by atoms with E-state index in [0.29, 0.717) is 12.8 Å². The van der Waals surface area contributed by atoms with Gasteiger partial charge in [0.25, 0.3) is 0 Å². The van der Waals surface area contributed by atoms with Gasteiger partial charge in [-0.05, 0) is 75.6 Å². The molecule has 11 heteroatoms. The SMILES string of the molecule is CC(C)CC(NC(=O)OCC1c2ccccc2-c2ccccc21)C(=O)NCCC(CO)NC(=O)C(CC(C)C)NC(=O)OCC1c2ccccc2-c2ccccc21. The number of carbonyl (C=O) groups is 4. The number of ether oxygens (including phenoxy) is 2. The standard InChI is InChI=1S/C46H54N4O7/c1-28(2)23-41(49-45(54)56-26-39-35-17-9-5-13-31(35)32-14-6-10-18-36(32)39)43(52)47-22-21-30(25-51)48-44(53)42(24-29(3)4)50-46(55)57-27-40-37-19-11-7-15-33(37)34-16-8-12-20-38(34)40/h5-20,28-30,39-42,51H,21-27H2,1-4H3,(H,47,52)(H,48,53)(H,49,54)(H,50,55). The molecule has 0 fully saturated rings. The van der Waals surface area contributed by atoms with Gasteiger partial charge in [-0.25, -0.2) is 9.59 Å². The maximum absolute atomic E-state index is 13.5. The molecule has 0 aliphatic heterocycles. The van der Waals surface area contributed by atoms with Crippen molar-refractivity contribution >= 4 is 24.0 Å². The summed E-state index contributed by atoms with van der Waals surface area (Å²) in [4.78, 5) is 53.0. The molecule has 0 aromatic heterocycles. The molecule has 300 valence electrons. The van der Waals surface area contributed by atoms with Gasteiger partial charge in [-0.2, -0.15) is 0 Å². The van der Waals surface area contributed by atoms with E-state index in [-0.39, 0.29) is 56.5 Å². The minimum atomic E-state index is -0.902. The van der Waals surface area contributed by atoms with Gasteiger partial charge in [0.05, 0.1) is 12.6 Å². The number of nitrogens with one attached hydrogen (secondary N) is 4. The first-order valence-corrected chi connectivity index (χ1v) is 20.0. The Balaban J connectivity index is 0.980. The zero-order valence-electron chi connectivity index (χ0n) is 33.1. The number of fused-ring (bicyclic) bond motifs is 6. The Bertz CT molecular complexity index is 1960. The van der Waals surface area contributed by atoms with Crippen molar-refractivity contribution in [3.05, 3.63) is 119 Å². The first kappa shape index (κ1) is 41.0. The lowest BCUT2D eigenvalue weighted by Crippen LogP contribution is -2.52. The van der Waals surface area contributed by atoms with Crippen LogP contribution in [0.3, 0.4) is 0 Å². The van der Waals surface area contributed by atoms with Crippen molar-refractivity contribution in [2.24, 2.45) is 11.8 Å². The van der Waals surface area contributed by atoms with Crippen LogP contribution in [0, 0.1) is 11.8 Å². The molecule has 6 rings (SSSR count). The molecular formula is C46H54N4O7. The van der Waals surface area contributed by atoms with Crippen molar-refractivity contribution in [1.82, 2.24) is 21.3 Å². The molecule has 0 spiro atoms. The van der Waals surface area contributed by atoms with E-state index in [1.807, 2.05) is 100 Å². The average Bonchev–Trinajstić information content (AvgIpc) is 3.70. The van der Waals surface area contributed by atoms with Gasteiger partial charge in [0.2, 0.25) is 11.8 Å². The number of amides is 4. The summed E-state index contributed by atoms with van der Waals surface area (Å²) in [6, 6.07) is 29.8. The number of alkyl carbamates (subject to hydrolysis) is 2. The lowest BCUT2D eigenvalue weighted by Gasteiger charge is -2.24. The lowest BCUT2D eigenvalue weighted by atomic mass is 9.98. The Morgan fingerprint density at radius 2 is 0.930 bits per heavy atom. The molecule has 2 aliphatic rings. The highest BCUT2D eigenvalue weighted by molar-refractivity contribution is 5.87. The van der Waals surface area contributed by atoms with Gasteiger partial charge >= 0.3 is 12.2 Å². The Morgan fingerprint density at radius 1 is 0.561 bits per heavy atom. The van der Waals surface area contributed by atoms with E-state index in [9.17, 15) is 24.3 Å². The number of hydrogen-bond acceptors (Lipinski definition) is 7. The van der Waals surface area contributed by atoms with E-state index < -0.39 is 42.1 Å². The number of benzene rings is 4. The van der Waals surface area contributed by atoms with E-state index in [0.717, 1.165) is 44.5 Å². The fraction of sp³-hybridized carbons (Fsp3) is 0.391. The van der Waals surface area contributed by atoms with Crippen LogP contribution in [-0.2, 0) is 19.1 Å². The maximum Gasteiger partial charge on any atom is 0.407 e. The third-order valence-electron chi connectivity index (χ3n) is 10.7. The van der Waals surface area contributed by atoms with Crippen LogP contribution in [0.4, 0.5) is 9.59 Å². The first-order valence-electron chi connectivity index (χ1n) is 20.0. The second-order valence-electron chi connectivity index (χ2n) is 15.8. The monoisotopic (exact) mass is 774 g/mol. The number of carbonyl (C=O) groups excluding carboxylic acids is 4. The summed E-state index contributed by atoms with van der Waals surface area (Å²) in [5.41, 5.74) is 8.85. The van der Waals surface area contributed by atoms with E-state index in [1.165, 1.54) is 0 Å². The first-order chi connectivity index (χ1) is 27.5. The quantitative estimate of drug-likeness (QED) is 0.0784. The number of aliphatic hydroxyl groups is 1. The zero-order valence-corrected chi connectivity index (χ0v) is 33.1. The second kappa shape index (κ2) is 19.0. The van der Waals surface area contributed by atoms with Crippen molar-refractivity contribution < 1.29 is 33.8 Å². The van der Waals surface area contributed by atoms with Gasteiger partial charge in [0.1, 0.15) is 25.3 Å². The van der Waals surface area contributed by atoms with Crippen molar-refractivity contribution in [3.8, 4) is 22.3 Å². The van der Waals surface area contributed by atoms with Crippen molar-refractivity contribution in [3.63, 3.8) is 0 Å². The van der Waals surface area contributed by atoms with E-state index in [2.05, 4.69) is 45.5 Å². The molecule has 4 aromatic carbocycles. The minimum Gasteiger partial charge on any atom is -0.449 e. The summed E-state index contributed by atoms with van der Waals surface area (Å²) in [5.74, 6) is -0.916. The number of aliphatic hydroxyl groups excluding tert-OH is 1. The van der Waals surface area contributed by atoms with Crippen LogP contribution in [-0.4, -0.2) is 73.6 Å². The molecular weight excluding hydrogens is 721 g/mol. The predicted molar refractivity (Wildman–Crippen MR) is 220 cm³/mol. The fourth-order valence-electron chi connectivity index (χ4n) is 7.97. The molecule has 0 saturated carbocycles. The summed E-state index contributed by atoms with van der Waals surface area (Å²) in [7, 11) is 0. The summed E-state index contributed by atoms with van der Waals surface area (Å²) in [5, 5.41) is 21.3. The highest BCUT2D eigenvalue weighted by Crippen LogP contribution is 2.45. The van der Waals surface area contributed by atoms with Gasteiger partial charge in [0.15, 0.2) is 0 Å². The molecule has 57 heavy (non-hydrogen) atoms. The summed E-state index contributed by atoms with van der Waals surface area (Å²) in [6.45, 7) is 7.80. The van der Waals surface area contributed by atoms with Crippen molar-refractivity contribution in [2.45, 2.75) is 76.9 Å². The Labute approximate surface area is 334 Å². The van der Waals surface area contributed by atoms with Crippen LogP contribution in [0.2, 0.25) is 0 Å². The topological polar surface area (TPSA) is 155 Å². The van der Waals surface area contributed by atoms with Crippen LogP contribution in [0.5, 0.6) is 0 Å². The summed E-state index contributed by atoms with van der Waals surface area (Å²) in [6.07, 6.45) is -0.436. The third-order valence-corrected chi connectivity index (χ3v) is 10.7. The molecule has 0 saturated heterocycles. The predicted octanol–water partition coefficient (Wildman–Crippen LogP) is 6.88. The highest BCUT2D eigenvalue weighted by atomic mass is 16.6. The van der Waals surface area contributed by atoms with Crippen LogP contribution >= 0.6 is 0 Å². The Kier molecular flexibility index (Phi) is 13.6. The van der Waals surface area contributed by atoms with Crippen molar-refractivity contribution in [2.75, 3.05) is 26.4 Å². The smallest absolute Gasteiger partial charge is 0.407 e. The Morgan fingerprint density at radius 3 is 1.30 bits per heavy atom. The van der Waals surface area contributed by atoms with Gasteiger partial charge in [0, 0.05) is 18.4 Å². The van der Waals surface area contributed by atoms with Crippen LogP contribution < -0.4 is 21.3 Å². The molecule has 2 aliphatic carbocycles. The molecule has 0 bridgehead atoms. The molecule has 3 atom stereocenters. The van der Waals surface area contributed by atoms with E-state index in [1.54, 1.807) is 0 Å². The molecule has 3 unspecified atom stereocenters. The second-order valence-corrected chi connectivity index (χ2v) is 15.8. The van der Waals surface area contributed by atoms with Crippen molar-refractivity contribution in [1.29, 1.82) is 0 Å². The minimum absolute atomic E-state index is 0.0726. The maximum atomic E-state index is 13.5. The molecule has 11 nitrogen and oxygen atoms in total. The summed E-state index contributed by atoms with van der Waals surface area (Å²) < 4.78 is 11.4. The summed E-state index contributed by atoms with van der Waals surface area (Å²) >= 11 is 0. The largest absolute Gasteiger partial charge is 0.449 e. The fourth-order valence-corrected chi connectivity index (χ4v) is 7.97. The van der Waals surface area contributed by atoms with Gasteiger partial charge < -0.3 is 35.8 Å². The van der Waals surface area contributed by atoms with Gasteiger partial charge in [-0.3, -0.25) is 9.59 Å². The zero-order chi connectivity index (χ0) is 40.5. The molecule has 4 aromatic rings. The highest BCUT2D eigenvalue weighted by Gasteiger charge is 2.32. The normalized spacial score (nSPS) is 14.4. The molecule has 0 heterocycles. The third kappa shape index (κ3) is 10.0. The van der Waals surface area contributed by atoms with Gasteiger partial charge in [-0.1, -0.05) is 125 Å². The number of hydrogen-bond donors (Lipinski definition) is 5. The van der Waals surface area contributed by atoms with Crippen LogP contribution in [0.1, 0.15) is 81.0 Å². The Hall–Kier alpha value is -5.68. The molecule has 5 N–H and O–H groups in total. The van der Waals surface area contributed by atoms with E-state index in [4.69, 9.17) is 9.47 Å². The lowest BCUT2D eigenvalue weighted by molar-refractivity contribution is -0.124. The van der Waals surface area contributed by atoms with Crippen LogP contribution in [0.15, 0.2) is 97.1 Å². The molecule has 0 radical (unpaired) electrons. The van der Waals surface area contributed by atoms with Gasteiger partial charge in [-0.15, -0.1) is 0 Å². The van der Waals surface area contributed by atoms with E-state index >= 15 is 0 Å². The molecule has 4 amide bonds. The average molecular weight is 775 g/mol. The van der Waals surface area contributed by atoms with Crippen LogP contribution in [0.25, 0.3) is 22.3 Å².